The van der Waals surface area contributed by atoms with Gasteiger partial charge in [-0.3, -0.25) is 9.59 Å². The van der Waals surface area contributed by atoms with Crippen molar-refractivity contribution in [3.05, 3.63) is 101 Å². The number of amides is 2. The van der Waals surface area contributed by atoms with Crippen molar-refractivity contribution in [2.75, 3.05) is 5.32 Å². The lowest BCUT2D eigenvalue weighted by atomic mass is 9.98. The number of carbonyl (C=O) groups is 2. The summed E-state index contributed by atoms with van der Waals surface area (Å²) in [4.78, 5) is 29.6. The van der Waals surface area contributed by atoms with E-state index in [9.17, 15) is 9.59 Å². The maximum absolute atomic E-state index is 12.7. The minimum absolute atomic E-state index is 0.0253. The number of anilines is 1. The number of hydrogen-bond acceptors (Lipinski definition) is 5. The van der Waals surface area contributed by atoms with E-state index in [2.05, 4.69) is 53.6 Å². The van der Waals surface area contributed by atoms with Gasteiger partial charge in [-0.2, -0.15) is 10.1 Å². The maximum atomic E-state index is 12.7. The zero-order chi connectivity index (χ0) is 24.4. The van der Waals surface area contributed by atoms with E-state index in [1.165, 1.54) is 17.3 Å². The van der Waals surface area contributed by atoms with Crippen LogP contribution in [0.3, 0.4) is 0 Å². The summed E-state index contributed by atoms with van der Waals surface area (Å²) in [5, 5.41) is 10.1. The highest BCUT2D eigenvalue weighted by molar-refractivity contribution is 8.15. The van der Waals surface area contributed by atoms with Gasteiger partial charge in [0.2, 0.25) is 5.91 Å². The Hall–Kier alpha value is -3.42. The van der Waals surface area contributed by atoms with Gasteiger partial charge in [0.25, 0.3) is 5.91 Å². The van der Waals surface area contributed by atoms with E-state index < -0.39 is 5.25 Å². The van der Waals surface area contributed by atoms with E-state index in [-0.39, 0.29) is 24.3 Å². The van der Waals surface area contributed by atoms with Gasteiger partial charge in [-0.1, -0.05) is 83.5 Å². The summed E-state index contributed by atoms with van der Waals surface area (Å²) in [5.41, 5.74) is 4.90. The predicted octanol–water partition coefficient (Wildman–Crippen LogP) is 5.83. The minimum atomic E-state index is -0.590. The summed E-state index contributed by atoms with van der Waals surface area (Å²) >= 11 is 7.20. The maximum Gasteiger partial charge on any atom is 0.262 e. The average Bonchev–Trinajstić information content (AvgIpc) is 3.46. The molecule has 0 unspecified atom stereocenters. The van der Waals surface area contributed by atoms with Crippen LogP contribution in [-0.4, -0.2) is 33.0 Å². The number of aryl methyl sites for hydroxylation is 1. The van der Waals surface area contributed by atoms with Crippen LogP contribution < -0.4 is 5.32 Å². The van der Waals surface area contributed by atoms with Gasteiger partial charge in [-0.25, -0.2) is 5.01 Å². The fraction of sp³-hybridized carbons (Fsp3) is 0.185. The fourth-order valence-electron chi connectivity index (χ4n) is 4.06. The summed E-state index contributed by atoms with van der Waals surface area (Å²) < 4.78 is 0. The molecule has 0 aliphatic carbocycles. The number of amidine groups is 1. The van der Waals surface area contributed by atoms with Crippen LogP contribution in [0.25, 0.3) is 0 Å². The molecule has 2 aliphatic heterocycles. The highest BCUT2D eigenvalue weighted by Crippen LogP contribution is 2.38. The molecule has 0 bridgehead atoms. The Bertz CT molecular complexity index is 1310. The Balaban J connectivity index is 1.33. The Morgan fingerprint density at radius 3 is 2.49 bits per heavy atom. The van der Waals surface area contributed by atoms with Crippen LogP contribution >= 0.6 is 23.4 Å². The molecule has 0 fully saturated rings. The molecule has 5 rings (SSSR count). The summed E-state index contributed by atoms with van der Waals surface area (Å²) in [6.45, 7) is 2.05. The Kier molecular flexibility index (Phi) is 6.70. The number of hydrazone groups is 1. The van der Waals surface area contributed by atoms with Crippen molar-refractivity contribution in [2.24, 2.45) is 10.1 Å². The Labute approximate surface area is 213 Å². The molecule has 2 heterocycles. The zero-order valence-corrected chi connectivity index (χ0v) is 20.6. The molecular formula is C27H23ClN4O2S. The number of halogens is 1. The van der Waals surface area contributed by atoms with Crippen molar-refractivity contribution in [3.63, 3.8) is 0 Å². The number of benzene rings is 3. The number of nitrogens with zero attached hydrogens (tertiary/aromatic N) is 3. The molecule has 0 radical (unpaired) electrons. The SMILES string of the molecule is Cc1ccc(C2=NN(C3=NC(=O)[C@@H](CC(=O)Nc4ccc(Cl)cc4)S3)[C@H](c3ccccc3)C2)cc1. The first-order valence-corrected chi connectivity index (χ1v) is 12.6. The fourth-order valence-corrected chi connectivity index (χ4v) is 5.25. The molecule has 2 atom stereocenters. The van der Waals surface area contributed by atoms with Crippen molar-refractivity contribution in [3.8, 4) is 0 Å². The summed E-state index contributed by atoms with van der Waals surface area (Å²) in [5.74, 6) is -0.568. The topological polar surface area (TPSA) is 74.1 Å². The van der Waals surface area contributed by atoms with Crippen molar-refractivity contribution in [1.29, 1.82) is 0 Å². The van der Waals surface area contributed by atoms with Gasteiger partial charge >= 0.3 is 0 Å². The molecule has 2 amide bonds. The monoisotopic (exact) mass is 502 g/mol. The molecule has 0 spiro atoms. The van der Waals surface area contributed by atoms with Crippen LogP contribution in [-0.2, 0) is 9.59 Å². The molecule has 3 aromatic carbocycles. The Morgan fingerprint density at radius 1 is 1.06 bits per heavy atom. The van der Waals surface area contributed by atoms with Crippen molar-refractivity contribution >= 4 is 51.7 Å². The molecule has 176 valence electrons. The van der Waals surface area contributed by atoms with E-state index >= 15 is 0 Å². The molecule has 2 aliphatic rings. The van der Waals surface area contributed by atoms with Gasteiger partial charge in [0, 0.05) is 23.6 Å². The highest BCUT2D eigenvalue weighted by Gasteiger charge is 2.39. The summed E-state index contributed by atoms with van der Waals surface area (Å²) in [7, 11) is 0. The van der Waals surface area contributed by atoms with Gasteiger partial charge in [-0.05, 0) is 42.3 Å². The zero-order valence-electron chi connectivity index (χ0n) is 19.0. The largest absolute Gasteiger partial charge is 0.326 e. The normalized spacial score (nSPS) is 19.5. The molecule has 35 heavy (non-hydrogen) atoms. The third-order valence-electron chi connectivity index (χ3n) is 5.90. The van der Waals surface area contributed by atoms with E-state index in [0.717, 1.165) is 16.8 Å². The van der Waals surface area contributed by atoms with E-state index in [1.807, 2.05) is 23.2 Å². The van der Waals surface area contributed by atoms with Crippen LogP contribution in [0.1, 0.15) is 35.6 Å². The predicted molar refractivity (Wildman–Crippen MR) is 142 cm³/mol. The van der Waals surface area contributed by atoms with Crippen LogP contribution in [0.15, 0.2) is 89.0 Å². The molecule has 0 aromatic heterocycles. The number of aliphatic imine (C=N–C) groups is 1. The lowest BCUT2D eigenvalue weighted by Gasteiger charge is -2.23. The lowest BCUT2D eigenvalue weighted by Crippen LogP contribution is -2.25. The third-order valence-corrected chi connectivity index (χ3v) is 7.30. The smallest absolute Gasteiger partial charge is 0.262 e. The third kappa shape index (κ3) is 5.31. The van der Waals surface area contributed by atoms with Gasteiger partial charge in [-0.15, -0.1) is 0 Å². The first-order chi connectivity index (χ1) is 17.0. The van der Waals surface area contributed by atoms with Crippen LogP contribution in [0.2, 0.25) is 5.02 Å². The molecule has 8 heteroatoms. The Morgan fingerprint density at radius 2 is 1.77 bits per heavy atom. The van der Waals surface area contributed by atoms with Gasteiger partial charge < -0.3 is 5.32 Å². The van der Waals surface area contributed by atoms with E-state index in [0.29, 0.717) is 22.3 Å². The van der Waals surface area contributed by atoms with Crippen molar-refractivity contribution in [2.45, 2.75) is 31.1 Å². The summed E-state index contributed by atoms with van der Waals surface area (Å²) in [6.07, 6.45) is 0.722. The van der Waals surface area contributed by atoms with Gasteiger partial charge in [0.15, 0.2) is 5.17 Å². The van der Waals surface area contributed by atoms with Gasteiger partial charge in [0.05, 0.1) is 11.8 Å². The number of rotatable bonds is 5. The average molecular weight is 503 g/mol. The van der Waals surface area contributed by atoms with Gasteiger partial charge in [0.1, 0.15) is 5.25 Å². The first-order valence-electron chi connectivity index (χ1n) is 11.3. The van der Waals surface area contributed by atoms with Crippen LogP contribution in [0.5, 0.6) is 0 Å². The number of hydrogen-bond donors (Lipinski definition) is 1. The number of thioether (sulfide) groups is 1. The quantitative estimate of drug-likeness (QED) is 0.476. The lowest BCUT2D eigenvalue weighted by molar-refractivity contribution is -0.121. The van der Waals surface area contributed by atoms with E-state index in [1.54, 1.807) is 24.3 Å². The molecule has 3 aromatic rings. The summed E-state index contributed by atoms with van der Waals surface area (Å²) in [6, 6.07) is 25.1. The van der Waals surface area contributed by atoms with Crippen molar-refractivity contribution in [1.82, 2.24) is 5.01 Å². The minimum Gasteiger partial charge on any atom is -0.326 e. The molecule has 0 saturated carbocycles. The molecule has 0 saturated heterocycles. The van der Waals surface area contributed by atoms with Crippen LogP contribution in [0, 0.1) is 6.92 Å². The number of carbonyl (C=O) groups excluding carboxylic acids is 2. The molecular weight excluding hydrogens is 480 g/mol. The standard InChI is InChI=1S/C27H23ClN4O2S/c1-17-7-9-18(10-8-17)22-15-23(19-5-3-2-4-6-19)32(31-22)27-30-26(34)24(35-27)16-25(33)29-21-13-11-20(28)12-14-21/h2-14,23-24H,15-16H2,1H3,(H,29,33)/t23-,24+/m0/s1. The first kappa shape index (κ1) is 23.3. The molecule has 1 N–H and O–H groups in total. The number of nitrogens with one attached hydrogen (secondary N) is 1. The highest BCUT2D eigenvalue weighted by atomic mass is 35.5. The second-order valence-corrected chi connectivity index (χ2v) is 10.1. The van der Waals surface area contributed by atoms with Crippen LogP contribution in [0.4, 0.5) is 5.69 Å². The second-order valence-electron chi connectivity index (χ2n) is 8.49. The molecule has 6 nitrogen and oxygen atoms in total. The van der Waals surface area contributed by atoms with E-state index in [4.69, 9.17) is 16.7 Å². The van der Waals surface area contributed by atoms with Crippen molar-refractivity contribution < 1.29 is 9.59 Å². The second kappa shape index (κ2) is 10.1.